The number of ether oxygens (including phenoxy) is 5. The lowest BCUT2D eigenvalue weighted by atomic mass is 9.83. The maximum absolute atomic E-state index is 13.3. The average Bonchev–Trinajstić information content (AvgIpc) is 3.62. The van der Waals surface area contributed by atoms with Crippen LogP contribution in [0.2, 0.25) is 5.02 Å². The summed E-state index contributed by atoms with van der Waals surface area (Å²) < 4.78 is 28.8. The summed E-state index contributed by atoms with van der Waals surface area (Å²) in [5.74, 6) is -0.201. The van der Waals surface area contributed by atoms with Crippen LogP contribution in [0.15, 0.2) is 35.9 Å². The van der Waals surface area contributed by atoms with Crippen LogP contribution in [-0.4, -0.2) is 81.2 Å². The van der Waals surface area contributed by atoms with Gasteiger partial charge in [-0.2, -0.15) is 0 Å². The van der Waals surface area contributed by atoms with Crippen molar-refractivity contribution in [3.8, 4) is 5.75 Å². The van der Waals surface area contributed by atoms with Gasteiger partial charge in [0.25, 0.3) is 0 Å². The predicted octanol–water partition coefficient (Wildman–Crippen LogP) is 3.77. The minimum Gasteiger partial charge on any atom is -0.495 e. The first-order chi connectivity index (χ1) is 18.9. The maximum Gasteiger partial charge on any atom is 0.409 e. The minimum atomic E-state index is -1.19. The van der Waals surface area contributed by atoms with E-state index in [0.29, 0.717) is 22.9 Å². The fraction of sp³-hybridized carbons (Fsp3) is 0.586. The Morgan fingerprint density at radius 2 is 1.95 bits per heavy atom. The zero-order valence-corrected chi connectivity index (χ0v) is 24.8. The molecule has 3 aliphatic rings. The van der Waals surface area contributed by atoms with E-state index in [1.165, 1.54) is 19.1 Å². The summed E-state index contributed by atoms with van der Waals surface area (Å²) in [6.45, 7) is 5.63. The van der Waals surface area contributed by atoms with Gasteiger partial charge >= 0.3 is 6.09 Å². The van der Waals surface area contributed by atoms with Gasteiger partial charge in [0.05, 0.1) is 31.4 Å². The van der Waals surface area contributed by atoms with Gasteiger partial charge < -0.3 is 33.7 Å². The number of methoxy groups -OCH3 is 3. The lowest BCUT2D eigenvalue weighted by Crippen LogP contribution is -2.64. The summed E-state index contributed by atoms with van der Waals surface area (Å²) in [7, 11) is 6.20. The summed E-state index contributed by atoms with van der Waals surface area (Å²) >= 11 is 6.61. The van der Waals surface area contributed by atoms with E-state index in [1.807, 2.05) is 44.2 Å². The summed E-state index contributed by atoms with van der Waals surface area (Å²) in [5.41, 5.74) is 0.193. The van der Waals surface area contributed by atoms with E-state index in [1.54, 1.807) is 21.1 Å². The number of anilines is 1. The Morgan fingerprint density at radius 1 is 1.23 bits per heavy atom. The summed E-state index contributed by atoms with van der Waals surface area (Å²) in [6.07, 6.45) is 2.86. The van der Waals surface area contributed by atoms with Gasteiger partial charge in [-0.1, -0.05) is 42.3 Å². The first-order valence-corrected chi connectivity index (χ1v) is 13.7. The van der Waals surface area contributed by atoms with Crippen LogP contribution in [0.4, 0.5) is 10.5 Å². The molecule has 220 valence electrons. The van der Waals surface area contributed by atoms with Crippen LogP contribution in [0, 0.1) is 5.92 Å². The highest BCUT2D eigenvalue weighted by Crippen LogP contribution is 2.48. The molecular weight excluding hydrogens is 540 g/mol. The number of rotatable bonds is 3. The normalized spacial score (nSPS) is 37.0. The summed E-state index contributed by atoms with van der Waals surface area (Å²) in [5, 5.41) is 14.2. The summed E-state index contributed by atoms with van der Waals surface area (Å²) in [6, 6.07) is 3.68. The molecule has 4 rings (SSSR count). The molecule has 7 atom stereocenters. The zero-order valence-electron chi connectivity index (χ0n) is 24.0. The highest BCUT2D eigenvalue weighted by molar-refractivity contribution is 6.35. The molecule has 3 aliphatic heterocycles. The van der Waals surface area contributed by atoms with E-state index in [9.17, 15) is 14.7 Å². The van der Waals surface area contributed by atoms with Gasteiger partial charge in [0.1, 0.15) is 28.6 Å². The first-order valence-electron chi connectivity index (χ1n) is 13.3. The average molecular weight is 579 g/mol. The van der Waals surface area contributed by atoms with E-state index in [0.717, 1.165) is 11.1 Å². The van der Waals surface area contributed by atoms with Crippen molar-refractivity contribution in [2.24, 2.45) is 5.92 Å². The van der Waals surface area contributed by atoms with E-state index in [-0.39, 0.29) is 24.7 Å². The Labute approximate surface area is 240 Å². The van der Waals surface area contributed by atoms with Crippen molar-refractivity contribution in [3.05, 3.63) is 46.5 Å². The molecule has 4 bridgehead atoms. The quantitative estimate of drug-likeness (QED) is 0.520. The highest BCUT2D eigenvalue weighted by atomic mass is 35.5. The van der Waals surface area contributed by atoms with Crippen LogP contribution >= 0.6 is 11.6 Å². The minimum absolute atomic E-state index is 0.193. The second-order valence-corrected chi connectivity index (χ2v) is 11.4. The fourth-order valence-electron chi connectivity index (χ4n) is 5.69. The molecule has 1 aromatic carbocycles. The van der Waals surface area contributed by atoms with Crippen LogP contribution in [0.1, 0.15) is 39.2 Å². The van der Waals surface area contributed by atoms with Crippen molar-refractivity contribution in [1.82, 2.24) is 5.32 Å². The Balaban J connectivity index is 1.76. The number of amides is 2. The molecule has 1 aromatic rings. The summed E-state index contributed by atoms with van der Waals surface area (Å²) in [4.78, 5) is 27.5. The largest absolute Gasteiger partial charge is 0.495 e. The van der Waals surface area contributed by atoms with Crippen molar-refractivity contribution >= 4 is 29.3 Å². The van der Waals surface area contributed by atoms with Crippen molar-refractivity contribution in [2.75, 3.05) is 33.3 Å². The van der Waals surface area contributed by atoms with Gasteiger partial charge in [0.15, 0.2) is 5.72 Å². The van der Waals surface area contributed by atoms with Crippen molar-refractivity contribution in [2.45, 2.75) is 75.8 Å². The third kappa shape index (κ3) is 5.73. The number of nitrogens with zero attached hydrogens (tertiary/aromatic N) is 1. The van der Waals surface area contributed by atoms with Gasteiger partial charge in [-0.25, -0.2) is 4.79 Å². The molecule has 40 heavy (non-hydrogen) atoms. The topological polar surface area (TPSA) is 119 Å². The van der Waals surface area contributed by atoms with Crippen molar-refractivity contribution < 1.29 is 38.4 Å². The smallest absolute Gasteiger partial charge is 0.409 e. The molecule has 2 saturated heterocycles. The number of epoxide rings is 1. The van der Waals surface area contributed by atoms with Crippen LogP contribution < -0.4 is 15.0 Å². The molecule has 0 aliphatic carbocycles. The molecule has 2 fully saturated rings. The SMILES string of the molecule is COc1cc2cc(c1Cl)N(C)C(=O)C[C@H](O)[C@]1(C)O[C@H]1[C@H](C)C1C[C@@](OC)(NC(=O)O1)[C@H](OC)/C=C/C=C(\C)C2. The third-order valence-electron chi connectivity index (χ3n) is 8.32. The molecule has 2 amide bonds. The van der Waals surface area contributed by atoms with Crippen LogP contribution in [0.5, 0.6) is 5.75 Å². The molecule has 0 saturated carbocycles. The first kappa shape index (κ1) is 30.3. The van der Waals surface area contributed by atoms with Gasteiger partial charge in [-0.15, -0.1) is 0 Å². The number of aliphatic hydroxyl groups is 1. The maximum atomic E-state index is 13.3. The lowest BCUT2D eigenvalue weighted by Gasteiger charge is -2.44. The molecular formula is C29H39ClN2O8. The number of aliphatic hydroxyl groups excluding tert-OH is 1. The van der Waals surface area contributed by atoms with E-state index in [2.05, 4.69) is 5.32 Å². The van der Waals surface area contributed by atoms with E-state index < -0.39 is 41.8 Å². The molecule has 1 unspecified atom stereocenters. The standard InChI is InChI=1S/C29H39ClN2O8/c1-16-9-8-10-23(37-6)29(38-7)15-21(39-27(35)31-29)17(2)26-28(3,40-26)22(33)14-24(34)32(4)19-12-18(11-16)13-20(36-5)25(19)30/h8-10,12-13,17,21-23,26,33H,11,14-15H2,1-7H3,(H,31,35)/b10-8+,16-9+/t17-,21?,22+,23-,26+,28+,29+/m1/s1. The molecule has 10 nitrogen and oxygen atoms in total. The number of benzene rings is 1. The zero-order chi connectivity index (χ0) is 29.4. The number of nitrogens with one attached hydrogen (secondary N) is 1. The Morgan fingerprint density at radius 3 is 2.60 bits per heavy atom. The molecule has 2 N–H and O–H groups in total. The number of alkyl carbamates (subject to hydrolysis) is 1. The van der Waals surface area contributed by atoms with Gasteiger partial charge in [-0.3, -0.25) is 10.1 Å². The number of carbonyl (C=O) groups is 2. The second-order valence-electron chi connectivity index (χ2n) is 11.0. The van der Waals surface area contributed by atoms with Gasteiger partial charge in [0.2, 0.25) is 5.91 Å². The molecule has 11 heteroatoms. The number of hydrogen-bond donors (Lipinski definition) is 2. The van der Waals surface area contributed by atoms with Crippen LogP contribution in [-0.2, 0) is 30.2 Å². The second kappa shape index (κ2) is 11.7. The lowest BCUT2D eigenvalue weighted by molar-refractivity contribution is -0.161. The Hall–Kier alpha value is -2.63. The van der Waals surface area contributed by atoms with E-state index in [4.69, 9.17) is 35.3 Å². The number of halogens is 1. The molecule has 3 heterocycles. The van der Waals surface area contributed by atoms with Gasteiger partial charge in [-0.05, 0) is 38.0 Å². The van der Waals surface area contributed by atoms with Crippen LogP contribution in [0.25, 0.3) is 0 Å². The Bertz CT molecular complexity index is 1200. The van der Waals surface area contributed by atoms with Crippen molar-refractivity contribution in [3.63, 3.8) is 0 Å². The van der Waals surface area contributed by atoms with Crippen molar-refractivity contribution in [1.29, 1.82) is 0 Å². The molecule has 0 spiro atoms. The highest BCUT2D eigenvalue weighted by Gasteiger charge is 2.63. The molecule has 0 aromatic heterocycles. The Kier molecular flexibility index (Phi) is 8.87. The fourth-order valence-corrected chi connectivity index (χ4v) is 6.01. The number of fused-ring (bicyclic) bond motifs is 5. The van der Waals surface area contributed by atoms with Gasteiger partial charge in [0, 0.05) is 33.6 Å². The van der Waals surface area contributed by atoms with Crippen LogP contribution in [0.3, 0.4) is 0 Å². The number of hydrogen-bond acceptors (Lipinski definition) is 8. The van der Waals surface area contributed by atoms with E-state index >= 15 is 0 Å². The monoisotopic (exact) mass is 578 g/mol. The molecule has 0 radical (unpaired) electrons. The third-order valence-corrected chi connectivity index (χ3v) is 8.70. The number of allylic oxidation sites excluding steroid dienone is 3. The number of carbonyl (C=O) groups excluding carboxylic acids is 2. The predicted molar refractivity (Wildman–Crippen MR) is 150 cm³/mol.